The zero-order valence-electron chi connectivity index (χ0n) is 8.25. The number of halogens is 3. The lowest BCUT2D eigenvalue weighted by molar-refractivity contribution is -0.146. The van der Waals surface area contributed by atoms with Crippen LogP contribution in [-0.4, -0.2) is 21.4 Å². The second kappa shape index (κ2) is 4.18. The zero-order valence-corrected chi connectivity index (χ0v) is 8.25. The SMILES string of the molecule is CCC(O)C(C)c1nc(C(F)(F)F)no1. The number of rotatable bonds is 3. The van der Waals surface area contributed by atoms with Crippen LogP contribution in [0.25, 0.3) is 0 Å². The van der Waals surface area contributed by atoms with Gasteiger partial charge >= 0.3 is 6.18 Å². The van der Waals surface area contributed by atoms with Crippen molar-refractivity contribution >= 4 is 0 Å². The Kier molecular flexibility index (Phi) is 3.33. The minimum absolute atomic E-state index is 0.198. The van der Waals surface area contributed by atoms with Gasteiger partial charge in [0.1, 0.15) is 0 Å². The van der Waals surface area contributed by atoms with E-state index in [2.05, 4.69) is 14.7 Å². The first-order valence-electron chi connectivity index (χ1n) is 4.45. The molecule has 0 saturated carbocycles. The molecule has 1 aromatic heterocycles. The van der Waals surface area contributed by atoms with Crippen LogP contribution in [-0.2, 0) is 6.18 Å². The molecule has 86 valence electrons. The summed E-state index contributed by atoms with van der Waals surface area (Å²) in [6.07, 6.45) is -4.99. The van der Waals surface area contributed by atoms with Gasteiger partial charge in [-0.25, -0.2) is 0 Å². The molecule has 4 nitrogen and oxygen atoms in total. The first kappa shape index (κ1) is 12.0. The summed E-state index contributed by atoms with van der Waals surface area (Å²) in [6.45, 7) is 3.24. The van der Waals surface area contributed by atoms with Crippen LogP contribution in [0.15, 0.2) is 4.52 Å². The van der Waals surface area contributed by atoms with Gasteiger partial charge in [-0.05, 0) is 6.42 Å². The maximum absolute atomic E-state index is 12.1. The summed E-state index contributed by atoms with van der Waals surface area (Å²) < 4.78 is 40.7. The standard InChI is InChI=1S/C8H11F3N2O2/c1-3-5(14)4(2)6-12-7(13-15-6)8(9,10)11/h4-5,14H,3H2,1-2H3. The molecule has 0 radical (unpaired) electrons. The Morgan fingerprint density at radius 2 is 2.07 bits per heavy atom. The van der Waals surface area contributed by atoms with Gasteiger partial charge in [-0.3, -0.25) is 0 Å². The van der Waals surface area contributed by atoms with E-state index in [1.807, 2.05) is 0 Å². The van der Waals surface area contributed by atoms with Gasteiger partial charge in [0, 0.05) is 0 Å². The van der Waals surface area contributed by atoms with Crippen molar-refractivity contribution in [1.29, 1.82) is 0 Å². The Bertz CT molecular complexity index is 324. The van der Waals surface area contributed by atoms with Crippen molar-refractivity contribution in [3.63, 3.8) is 0 Å². The summed E-state index contributed by atoms with van der Waals surface area (Å²) in [5, 5.41) is 12.2. The van der Waals surface area contributed by atoms with E-state index < -0.39 is 24.0 Å². The van der Waals surface area contributed by atoms with Crippen molar-refractivity contribution in [3.8, 4) is 0 Å². The Balaban J connectivity index is 2.85. The summed E-state index contributed by atoms with van der Waals surface area (Å²) in [7, 11) is 0. The topological polar surface area (TPSA) is 59.2 Å². The van der Waals surface area contributed by atoms with E-state index in [-0.39, 0.29) is 5.89 Å². The Hall–Kier alpha value is -1.11. The summed E-state index contributed by atoms with van der Waals surface area (Å²) in [6, 6.07) is 0. The van der Waals surface area contributed by atoms with E-state index in [1.54, 1.807) is 6.92 Å². The van der Waals surface area contributed by atoms with Crippen LogP contribution >= 0.6 is 0 Å². The smallest absolute Gasteiger partial charge is 0.392 e. The van der Waals surface area contributed by atoms with E-state index in [9.17, 15) is 18.3 Å². The third-order valence-electron chi connectivity index (χ3n) is 2.08. The maximum Gasteiger partial charge on any atom is 0.455 e. The van der Waals surface area contributed by atoms with E-state index in [4.69, 9.17) is 0 Å². The van der Waals surface area contributed by atoms with Crippen LogP contribution in [0.2, 0.25) is 0 Å². The highest BCUT2D eigenvalue weighted by Gasteiger charge is 2.38. The number of aliphatic hydroxyl groups is 1. The second-order valence-electron chi connectivity index (χ2n) is 3.22. The maximum atomic E-state index is 12.1. The normalized spacial score (nSPS) is 16.4. The predicted molar refractivity (Wildman–Crippen MR) is 44.0 cm³/mol. The highest BCUT2D eigenvalue weighted by molar-refractivity contribution is 4.97. The fraction of sp³-hybridized carbons (Fsp3) is 0.750. The fourth-order valence-electron chi connectivity index (χ4n) is 1.05. The number of aromatic nitrogens is 2. The molecule has 0 aliphatic carbocycles. The van der Waals surface area contributed by atoms with Crippen molar-refractivity contribution in [3.05, 3.63) is 11.7 Å². The number of hydrogen-bond acceptors (Lipinski definition) is 4. The van der Waals surface area contributed by atoms with E-state index in [0.29, 0.717) is 6.42 Å². The lowest BCUT2D eigenvalue weighted by Crippen LogP contribution is -2.15. The van der Waals surface area contributed by atoms with Crippen LogP contribution in [0.5, 0.6) is 0 Å². The fourth-order valence-corrected chi connectivity index (χ4v) is 1.05. The van der Waals surface area contributed by atoms with Gasteiger partial charge in [0.15, 0.2) is 0 Å². The molecular weight excluding hydrogens is 213 g/mol. The third kappa shape index (κ3) is 2.68. The van der Waals surface area contributed by atoms with Crippen LogP contribution in [0.4, 0.5) is 13.2 Å². The van der Waals surface area contributed by atoms with Crippen LogP contribution in [0.1, 0.15) is 37.9 Å². The Morgan fingerprint density at radius 3 is 2.47 bits per heavy atom. The van der Waals surface area contributed by atoms with Crippen molar-refractivity contribution in [2.24, 2.45) is 0 Å². The molecule has 0 aliphatic heterocycles. The third-order valence-corrected chi connectivity index (χ3v) is 2.08. The average Bonchev–Trinajstić information content (AvgIpc) is 2.63. The number of aliphatic hydroxyl groups excluding tert-OH is 1. The van der Waals surface area contributed by atoms with Crippen molar-refractivity contribution in [2.75, 3.05) is 0 Å². The molecule has 1 N–H and O–H groups in total. The lowest BCUT2D eigenvalue weighted by atomic mass is 10.0. The molecule has 15 heavy (non-hydrogen) atoms. The van der Waals surface area contributed by atoms with Gasteiger partial charge in [0.2, 0.25) is 5.89 Å². The molecule has 1 aromatic rings. The van der Waals surface area contributed by atoms with Crippen molar-refractivity contribution < 1.29 is 22.8 Å². The number of nitrogens with zero attached hydrogens (tertiary/aromatic N) is 2. The largest absolute Gasteiger partial charge is 0.455 e. The Labute approximate surface area is 84.1 Å². The quantitative estimate of drug-likeness (QED) is 0.852. The molecular formula is C8H11F3N2O2. The minimum atomic E-state index is -4.61. The van der Waals surface area contributed by atoms with Gasteiger partial charge in [-0.2, -0.15) is 18.2 Å². The van der Waals surface area contributed by atoms with Gasteiger partial charge in [0.25, 0.3) is 5.82 Å². The molecule has 1 rings (SSSR count). The van der Waals surface area contributed by atoms with Crippen molar-refractivity contribution in [1.82, 2.24) is 10.1 Å². The predicted octanol–water partition coefficient (Wildman–Crippen LogP) is 1.96. The van der Waals surface area contributed by atoms with Gasteiger partial charge < -0.3 is 9.63 Å². The monoisotopic (exact) mass is 224 g/mol. The second-order valence-corrected chi connectivity index (χ2v) is 3.22. The number of alkyl halides is 3. The van der Waals surface area contributed by atoms with E-state index in [1.165, 1.54) is 6.92 Å². The molecule has 2 unspecified atom stereocenters. The molecule has 0 aliphatic rings. The number of hydrogen-bond donors (Lipinski definition) is 1. The molecule has 0 amide bonds. The van der Waals surface area contributed by atoms with E-state index in [0.717, 1.165) is 0 Å². The highest BCUT2D eigenvalue weighted by atomic mass is 19.4. The highest BCUT2D eigenvalue weighted by Crippen LogP contribution is 2.28. The van der Waals surface area contributed by atoms with Crippen LogP contribution in [0, 0.1) is 0 Å². The summed E-state index contributed by atoms with van der Waals surface area (Å²) in [4.78, 5) is 3.19. The molecule has 1 heterocycles. The van der Waals surface area contributed by atoms with Gasteiger partial charge in [0.05, 0.1) is 12.0 Å². The molecule has 0 fully saturated rings. The molecule has 0 spiro atoms. The lowest BCUT2D eigenvalue weighted by Gasteiger charge is -2.11. The summed E-state index contributed by atoms with van der Waals surface area (Å²) in [5.74, 6) is -2.11. The van der Waals surface area contributed by atoms with Crippen molar-refractivity contribution in [2.45, 2.75) is 38.5 Å². The molecule has 7 heteroatoms. The van der Waals surface area contributed by atoms with Crippen LogP contribution in [0.3, 0.4) is 0 Å². The molecule has 0 aromatic carbocycles. The molecule has 0 bridgehead atoms. The van der Waals surface area contributed by atoms with E-state index >= 15 is 0 Å². The Morgan fingerprint density at radius 1 is 1.47 bits per heavy atom. The van der Waals surface area contributed by atoms with Crippen LogP contribution < -0.4 is 0 Å². The van der Waals surface area contributed by atoms with Gasteiger partial charge in [-0.1, -0.05) is 19.0 Å². The summed E-state index contributed by atoms with van der Waals surface area (Å²) >= 11 is 0. The molecule has 0 saturated heterocycles. The minimum Gasteiger partial charge on any atom is -0.392 e. The summed E-state index contributed by atoms with van der Waals surface area (Å²) in [5.41, 5.74) is 0. The average molecular weight is 224 g/mol. The van der Waals surface area contributed by atoms with Gasteiger partial charge in [-0.15, -0.1) is 0 Å². The first-order chi connectivity index (χ1) is 6.86. The molecule has 2 atom stereocenters. The first-order valence-corrected chi connectivity index (χ1v) is 4.45. The zero-order chi connectivity index (χ0) is 11.6.